The van der Waals surface area contributed by atoms with Crippen LogP contribution < -0.4 is 0 Å². The summed E-state index contributed by atoms with van der Waals surface area (Å²) in [4.78, 5) is 11.0. The van der Waals surface area contributed by atoms with Gasteiger partial charge in [0.15, 0.2) is 0 Å². The van der Waals surface area contributed by atoms with Gasteiger partial charge >= 0.3 is 5.97 Å². The lowest BCUT2D eigenvalue weighted by atomic mass is 9.46. The number of carboxylic acid groups (broad SMARTS) is 1. The predicted molar refractivity (Wildman–Crippen MR) is 121 cm³/mol. The van der Waals surface area contributed by atoms with Gasteiger partial charge in [-0.25, -0.2) is 0 Å². The van der Waals surface area contributed by atoms with Crippen molar-refractivity contribution in [2.24, 2.45) is 45.3 Å². The molecule has 6 rings (SSSR count). The minimum atomic E-state index is -0.698. The highest BCUT2D eigenvalue weighted by atomic mass is 16.5. The van der Waals surface area contributed by atoms with Crippen molar-refractivity contribution in [2.75, 3.05) is 0 Å². The van der Waals surface area contributed by atoms with Gasteiger partial charge in [-0.3, -0.25) is 4.79 Å². The minimum absolute atomic E-state index is 0. The summed E-state index contributed by atoms with van der Waals surface area (Å²) in [6.07, 6.45) is 13.9. The summed E-state index contributed by atoms with van der Waals surface area (Å²) in [6.45, 7) is 7.28. The number of rotatable bonds is 3. The maximum atomic E-state index is 11.0. The molecule has 10 atom stereocenters. The van der Waals surface area contributed by atoms with Crippen molar-refractivity contribution >= 4 is 5.97 Å². The Hall–Kier alpha value is -0.610. The number of hydrogen-bond acceptors (Lipinski definition) is 3. The fourth-order valence-electron chi connectivity index (χ4n) is 10.8. The number of carbonyl (C=O) groups is 1. The van der Waals surface area contributed by atoms with Gasteiger partial charge in [-0.15, -0.1) is 0 Å². The van der Waals surface area contributed by atoms with Crippen LogP contribution in [0.25, 0.3) is 0 Å². The van der Waals surface area contributed by atoms with E-state index in [1.807, 2.05) is 0 Å². The van der Waals surface area contributed by atoms with Gasteiger partial charge in [0.1, 0.15) is 0 Å². The number of fused-ring (bicyclic) bond motifs is 4. The van der Waals surface area contributed by atoms with Crippen LogP contribution in [0.5, 0.6) is 0 Å². The normalized spacial score (nSPS) is 56.5. The van der Waals surface area contributed by atoms with Crippen LogP contribution in [0.2, 0.25) is 0 Å². The average Bonchev–Trinajstić information content (AvgIpc) is 3.30. The van der Waals surface area contributed by atoms with E-state index in [4.69, 9.17) is 9.84 Å². The van der Waals surface area contributed by atoms with E-state index in [-0.39, 0.29) is 25.5 Å². The number of aliphatic hydroxyl groups excluding tert-OH is 1. The number of aliphatic hydroxyl groups is 1. The highest BCUT2D eigenvalue weighted by Crippen LogP contribution is 2.87. The maximum Gasteiger partial charge on any atom is 0.303 e. The number of carboxylic acids is 1. The third-order valence-corrected chi connectivity index (χ3v) is 12.3. The van der Waals surface area contributed by atoms with E-state index in [0.29, 0.717) is 40.6 Å². The molecule has 0 aromatic carbocycles. The lowest BCUT2D eigenvalue weighted by Crippen LogP contribution is -2.54. The van der Waals surface area contributed by atoms with Crippen molar-refractivity contribution in [1.82, 2.24) is 0 Å². The molecule has 5 aliphatic carbocycles. The van der Waals surface area contributed by atoms with Gasteiger partial charge in [0.25, 0.3) is 0 Å². The summed E-state index contributed by atoms with van der Waals surface area (Å²) in [7, 11) is 0. The first-order valence-corrected chi connectivity index (χ1v) is 13.2. The Labute approximate surface area is 189 Å². The Balaban J connectivity index is 0.00000216. The lowest BCUT2D eigenvalue weighted by molar-refractivity contribution is -0.140. The fraction of sp³-hybridized carbons (Fsp3) is 0.963. The van der Waals surface area contributed by atoms with E-state index in [1.54, 1.807) is 0 Å². The molecular formula is C27H44O4. The molecule has 0 amide bonds. The molecule has 31 heavy (non-hydrogen) atoms. The Morgan fingerprint density at radius 1 is 0.968 bits per heavy atom. The Morgan fingerprint density at radius 3 is 2.52 bits per heavy atom. The van der Waals surface area contributed by atoms with Crippen LogP contribution in [-0.4, -0.2) is 34.5 Å². The average molecular weight is 433 g/mol. The first-order valence-electron chi connectivity index (χ1n) is 13.2. The second kappa shape index (κ2) is 6.50. The zero-order valence-corrected chi connectivity index (χ0v) is 19.7. The van der Waals surface area contributed by atoms with E-state index in [9.17, 15) is 9.90 Å². The molecule has 4 heteroatoms. The monoisotopic (exact) mass is 432 g/mol. The molecule has 0 bridgehead atoms. The molecule has 5 saturated carbocycles. The summed E-state index contributed by atoms with van der Waals surface area (Å²) in [6, 6.07) is 0. The second-order valence-corrected chi connectivity index (χ2v) is 13.4. The van der Waals surface area contributed by atoms with Crippen LogP contribution in [0.15, 0.2) is 0 Å². The van der Waals surface area contributed by atoms with Gasteiger partial charge in [0, 0.05) is 7.85 Å². The molecule has 6 fully saturated rings. The molecule has 0 aromatic heterocycles. The molecule has 0 radical (unpaired) electrons. The molecular weight excluding hydrogens is 388 g/mol. The van der Waals surface area contributed by atoms with Crippen LogP contribution in [0.4, 0.5) is 0 Å². The molecule has 1 saturated heterocycles. The number of hydrogen-bond donors (Lipinski definition) is 2. The number of ether oxygens (including phenoxy) is 1. The molecule has 2 spiro atoms. The Morgan fingerprint density at radius 2 is 1.74 bits per heavy atom. The predicted octanol–water partition coefficient (Wildman–Crippen LogP) is 5.66. The molecule has 0 aromatic rings. The highest BCUT2D eigenvalue weighted by Gasteiger charge is 2.80. The third kappa shape index (κ3) is 2.58. The first-order chi connectivity index (χ1) is 14.6. The lowest BCUT2D eigenvalue weighted by Gasteiger charge is -2.59. The summed E-state index contributed by atoms with van der Waals surface area (Å²) in [5.74, 6) is 2.30. The van der Waals surface area contributed by atoms with E-state index in [0.717, 1.165) is 24.7 Å². The molecule has 2 N–H and O–H groups in total. The van der Waals surface area contributed by atoms with E-state index in [2.05, 4.69) is 20.8 Å². The van der Waals surface area contributed by atoms with E-state index < -0.39 is 5.97 Å². The van der Waals surface area contributed by atoms with Crippen LogP contribution in [0, 0.1) is 45.3 Å². The number of aliphatic carboxylic acids is 1. The summed E-state index contributed by atoms with van der Waals surface area (Å²) in [5.41, 5.74) is 1.54. The van der Waals surface area contributed by atoms with Crippen LogP contribution in [0.1, 0.15) is 99.2 Å². The summed E-state index contributed by atoms with van der Waals surface area (Å²) >= 11 is 0. The van der Waals surface area contributed by atoms with Crippen LogP contribution in [0.3, 0.4) is 0 Å². The second-order valence-electron chi connectivity index (χ2n) is 13.4. The van der Waals surface area contributed by atoms with Crippen molar-refractivity contribution in [1.29, 1.82) is 0 Å². The van der Waals surface area contributed by atoms with Gasteiger partial charge in [-0.1, -0.05) is 20.8 Å². The van der Waals surface area contributed by atoms with Gasteiger partial charge in [0.2, 0.25) is 0 Å². The fourth-order valence-corrected chi connectivity index (χ4v) is 10.8. The van der Waals surface area contributed by atoms with Crippen molar-refractivity contribution in [3.63, 3.8) is 0 Å². The zero-order valence-electron chi connectivity index (χ0n) is 19.7. The van der Waals surface area contributed by atoms with Crippen molar-refractivity contribution in [3.05, 3.63) is 0 Å². The standard InChI is InChI=1S/C27H42O4.H2/c1-24(2)21-8-7-17-19-14-20-18(6-4-16(31-20)5-9-23(29)30)25(19,3)12-13-26(17)15-27(21,26)11-10-22(24)28;/h16-22,28H,4-15H2,1-3H3,(H,29,30);1H/t16?,17?,18?,19?,20?,21?,22-,25?,26-,27?;/m0./s1. The van der Waals surface area contributed by atoms with E-state index >= 15 is 0 Å². The Kier molecular flexibility index (Phi) is 4.39. The SMILES string of the molecule is CC12CC[C@@]34CC35CC[C@H](O)C(C)(C)C5CCC4C1CC1OC(CCC(=O)O)CCC12.[HH]. The minimum Gasteiger partial charge on any atom is -0.481 e. The van der Waals surface area contributed by atoms with E-state index in [1.165, 1.54) is 51.4 Å². The van der Waals surface area contributed by atoms with Gasteiger partial charge < -0.3 is 14.9 Å². The molecule has 1 aliphatic heterocycles. The smallest absolute Gasteiger partial charge is 0.303 e. The first kappa shape index (κ1) is 21.0. The molecule has 1 heterocycles. The molecule has 6 aliphatic rings. The maximum absolute atomic E-state index is 11.0. The molecule has 176 valence electrons. The van der Waals surface area contributed by atoms with Crippen molar-refractivity contribution in [2.45, 2.75) is 116 Å². The molecule has 4 nitrogen and oxygen atoms in total. The Bertz CT molecular complexity index is 784. The topological polar surface area (TPSA) is 66.8 Å². The van der Waals surface area contributed by atoms with Gasteiger partial charge in [0.05, 0.1) is 18.3 Å². The summed E-state index contributed by atoms with van der Waals surface area (Å²) in [5, 5.41) is 19.9. The van der Waals surface area contributed by atoms with Crippen molar-refractivity contribution in [3.8, 4) is 0 Å². The summed E-state index contributed by atoms with van der Waals surface area (Å²) < 4.78 is 6.60. The highest BCUT2D eigenvalue weighted by molar-refractivity contribution is 5.66. The van der Waals surface area contributed by atoms with Gasteiger partial charge in [-0.05, 0) is 116 Å². The quantitative estimate of drug-likeness (QED) is 0.603. The van der Waals surface area contributed by atoms with Gasteiger partial charge in [-0.2, -0.15) is 0 Å². The molecule has 8 unspecified atom stereocenters. The zero-order chi connectivity index (χ0) is 21.8. The van der Waals surface area contributed by atoms with Crippen LogP contribution >= 0.6 is 0 Å². The van der Waals surface area contributed by atoms with Crippen molar-refractivity contribution < 1.29 is 21.2 Å². The largest absolute Gasteiger partial charge is 0.481 e. The third-order valence-electron chi connectivity index (χ3n) is 12.3. The van der Waals surface area contributed by atoms with Crippen LogP contribution in [-0.2, 0) is 9.53 Å².